The van der Waals surface area contributed by atoms with Crippen LogP contribution >= 0.6 is 11.8 Å². The topological polar surface area (TPSA) is 113 Å². The molecule has 158 valence electrons. The summed E-state index contributed by atoms with van der Waals surface area (Å²) in [5.41, 5.74) is 1.35. The molecule has 0 aliphatic carbocycles. The van der Waals surface area contributed by atoms with Gasteiger partial charge >= 0.3 is 6.16 Å². The highest BCUT2D eigenvalue weighted by molar-refractivity contribution is 7.99. The lowest BCUT2D eigenvalue weighted by atomic mass is 10.1. The van der Waals surface area contributed by atoms with E-state index in [0.717, 1.165) is 20.9 Å². The molecule has 1 amide bonds. The van der Waals surface area contributed by atoms with E-state index in [1.807, 2.05) is 42.5 Å². The lowest BCUT2D eigenvalue weighted by molar-refractivity contribution is -0.114. The Kier molecular flexibility index (Phi) is 5.68. The first-order chi connectivity index (χ1) is 14.9. The van der Waals surface area contributed by atoms with Gasteiger partial charge in [0.05, 0.1) is 12.0 Å². The fourth-order valence-electron chi connectivity index (χ4n) is 3.20. The Morgan fingerprint density at radius 1 is 1.10 bits per heavy atom. The van der Waals surface area contributed by atoms with Gasteiger partial charge in [-0.1, -0.05) is 11.8 Å². The van der Waals surface area contributed by atoms with E-state index in [2.05, 4.69) is 15.3 Å². The van der Waals surface area contributed by atoms with E-state index >= 15 is 0 Å². The second-order valence-electron chi connectivity index (χ2n) is 6.66. The predicted molar refractivity (Wildman–Crippen MR) is 119 cm³/mol. The number of aromatic amines is 2. The summed E-state index contributed by atoms with van der Waals surface area (Å²) in [7, 11) is 0. The lowest BCUT2D eigenvalue weighted by Gasteiger charge is -2.08. The fourth-order valence-corrected chi connectivity index (χ4v) is 4.06. The molecular weight excluding hydrogens is 418 g/mol. The molecule has 0 bridgehead atoms. The van der Waals surface area contributed by atoms with E-state index in [0.29, 0.717) is 16.4 Å². The molecule has 0 spiro atoms. The third-order valence-corrected chi connectivity index (χ3v) is 5.44. The van der Waals surface area contributed by atoms with Gasteiger partial charge in [-0.3, -0.25) is 9.59 Å². The number of carbonyl (C=O) groups excluding carboxylic acids is 2. The predicted octanol–water partition coefficient (Wildman–Crippen LogP) is 4.65. The number of aromatic nitrogens is 2. The first-order valence-electron chi connectivity index (χ1n) is 9.52. The molecule has 0 atom stereocenters. The zero-order valence-corrected chi connectivity index (χ0v) is 17.6. The zero-order chi connectivity index (χ0) is 22.0. The first kappa shape index (κ1) is 20.5. The van der Waals surface area contributed by atoms with Crippen molar-refractivity contribution in [3.05, 3.63) is 59.0 Å². The van der Waals surface area contributed by atoms with Gasteiger partial charge in [0.15, 0.2) is 5.75 Å². The Hall–Kier alpha value is -3.72. The first-order valence-corrected chi connectivity index (χ1v) is 10.3. The molecule has 0 saturated carbocycles. The Balaban J connectivity index is 1.71. The van der Waals surface area contributed by atoms with Crippen LogP contribution in [0.1, 0.15) is 13.8 Å². The number of pyridine rings is 1. The minimum absolute atomic E-state index is 0.125. The Morgan fingerprint density at radius 3 is 2.55 bits per heavy atom. The Labute approximate surface area is 180 Å². The van der Waals surface area contributed by atoms with Crippen molar-refractivity contribution in [1.82, 2.24) is 9.97 Å². The van der Waals surface area contributed by atoms with Crippen LogP contribution in [0.2, 0.25) is 0 Å². The molecule has 0 radical (unpaired) electrons. The molecule has 4 rings (SSSR count). The number of ether oxygens (including phenoxy) is 2. The quantitative estimate of drug-likeness (QED) is 0.392. The number of anilines is 1. The van der Waals surface area contributed by atoms with Crippen molar-refractivity contribution in [3.8, 4) is 5.75 Å². The number of nitrogens with one attached hydrogen (secondary N) is 3. The van der Waals surface area contributed by atoms with Crippen LogP contribution in [0.4, 0.5) is 10.5 Å². The van der Waals surface area contributed by atoms with Gasteiger partial charge in [-0.2, -0.15) is 0 Å². The van der Waals surface area contributed by atoms with Crippen molar-refractivity contribution >= 4 is 51.3 Å². The third-order valence-electron chi connectivity index (χ3n) is 4.45. The van der Waals surface area contributed by atoms with Crippen LogP contribution < -0.4 is 15.6 Å². The highest BCUT2D eigenvalue weighted by Crippen LogP contribution is 2.35. The average Bonchev–Trinajstić information content (AvgIpc) is 3.14. The van der Waals surface area contributed by atoms with Crippen molar-refractivity contribution in [3.63, 3.8) is 0 Å². The minimum atomic E-state index is -0.832. The third kappa shape index (κ3) is 4.41. The summed E-state index contributed by atoms with van der Waals surface area (Å²) in [5.74, 6) is 0.103. The summed E-state index contributed by atoms with van der Waals surface area (Å²) in [6.07, 6.45) is 0.637. The fraction of sp³-hybridized carbons (Fsp3) is 0.136. The standard InChI is InChI=1S/C22H19N3O5S/c1-3-29-22(28)30-18-11-23-20-19(18)16-10-15(8-9-17(16)25-21(20)27)31-14-6-4-13(5-7-14)24-12(2)26/h4-11,23H,3H2,1-2H3,(H,24,26)(H,25,27). The number of hydrogen-bond acceptors (Lipinski definition) is 6. The number of H-pyrrole nitrogens is 2. The number of amides is 1. The molecular formula is C22H19N3O5S. The van der Waals surface area contributed by atoms with Gasteiger partial charge in [-0.05, 0) is 49.4 Å². The van der Waals surface area contributed by atoms with Gasteiger partial charge in [-0.15, -0.1) is 0 Å². The average molecular weight is 437 g/mol. The number of fused-ring (bicyclic) bond motifs is 3. The molecule has 2 heterocycles. The highest BCUT2D eigenvalue weighted by Gasteiger charge is 2.16. The van der Waals surface area contributed by atoms with E-state index in [-0.39, 0.29) is 23.8 Å². The number of benzene rings is 2. The van der Waals surface area contributed by atoms with Gasteiger partial charge in [0.2, 0.25) is 5.91 Å². The van der Waals surface area contributed by atoms with Crippen LogP contribution in [0.15, 0.2) is 63.2 Å². The molecule has 31 heavy (non-hydrogen) atoms. The second-order valence-corrected chi connectivity index (χ2v) is 7.80. The number of rotatable bonds is 5. The van der Waals surface area contributed by atoms with Crippen LogP contribution in [-0.4, -0.2) is 28.6 Å². The van der Waals surface area contributed by atoms with Gasteiger partial charge in [0, 0.05) is 39.5 Å². The molecule has 0 fully saturated rings. The summed E-state index contributed by atoms with van der Waals surface area (Å²) < 4.78 is 10.1. The summed E-state index contributed by atoms with van der Waals surface area (Å²) in [4.78, 5) is 43.0. The SMILES string of the molecule is CCOC(=O)Oc1c[nH]c2c(=O)[nH]c3ccc(Sc4ccc(NC(C)=O)cc4)cc3c12. The van der Waals surface area contributed by atoms with Crippen molar-refractivity contribution in [2.45, 2.75) is 23.6 Å². The van der Waals surface area contributed by atoms with Crippen molar-refractivity contribution in [2.75, 3.05) is 11.9 Å². The van der Waals surface area contributed by atoms with Crippen molar-refractivity contribution < 1.29 is 19.1 Å². The van der Waals surface area contributed by atoms with Gasteiger partial charge < -0.3 is 24.8 Å². The van der Waals surface area contributed by atoms with E-state index in [4.69, 9.17) is 9.47 Å². The lowest BCUT2D eigenvalue weighted by Crippen LogP contribution is -2.10. The summed E-state index contributed by atoms with van der Waals surface area (Å²) in [6.45, 7) is 3.33. The molecule has 0 saturated heterocycles. The summed E-state index contributed by atoms with van der Waals surface area (Å²) in [5, 5.41) is 3.98. The van der Waals surface area contributed by atoms with Crippen molar-refractivity contribution in [2.24, 2.45) is 0 Å². The van der Waals surface area contributed by atoms with Crippen LogP contribution in [0.25, 0.3) is 21.8 Å². The molecule has 4 aromatic rings. The maximum absolute atomic E-state index is 12.4. The monoisotopic (exact) mass is 437 g/mol. The number of carbonyl (C=O) groups is 2. The van der Waals surface area contributed by atoms with Crippen LogP contribution in [-0.2, 0) is 9.53 Å². The molecule has 0 aliphatic rings. The van der Waals surface area contributed by atoms with E-state index in [1.165, 1.54) is 24.9 Å². The van der Waals surface area contributed by atoms with E-state index in [9.17, 15) is 14.4 Å². The maximum Gasteiger partial charge on any atom is 0.513 e. The van der Waals surface area contributed by atoms with Gasteiger partial charge in [0.25, 0.3) is 5.56 Å². The van der Waals surface area contributed by atoms with Crippen LogP contribution in [0.5, 0.6) is 5.75 Å². The molecule has 2 aromatic heterocycles. The minimum Gasteiger partial charge on any atom is -0.434 e. The smallest absolute Gasteiger partial charge is 0.434 e. The highest BCUT2D eigenvalue weighted by atomic mass is 32.2. The summed E-state index contributed by atoms with van der Waals surface area (Å²) >= 11 is 1.53. The normalized spacial score (nSPS) is 10.9. The molecule has 0 unspecified atom stereocenters. The van der Waals surface area contributed by atoms with Crippen LogP contribution in [0.3, 0.4) is 0 Å². The number of hydrogen-bond donors (Lipinski definition) is 3. The second kappa shape index (κ2) is 8.57. The van der Waals surface area contributed by atoms with Crippen LogP contribution in [0, 0.1) is 0 Å². The molecule has 2 aromatic carbocycles. The summed E-state index contributed by atoms with van der Waals surface area (Å²) in [6, 6.07) is 13.1. The Bertz CT molecular complexity index is 1340. The van der Waals surface area contributed by atoms with E-state index < -0.39 is 6.16 Å². The maximum atomic E-state index is 12.4. The van der Waals surface area contributed by atoms with Crippen molar-refractivity contribution in [1.29, 1.82) is 0 Å². The van der Waals surface area contributed by atoms with Gasteiger partial charge in [-0.25, -0.2) is 4.79 Å². The van der Waals surface area contributed by atoms with E-state index in [1.54, 1.807) is 6.92 Å². The Morgan fingerprint density at radius 2 is 1.84 bits per heavy atom. The molecule has 3 N–H and O–H groups in total. The largest absolute Gasteiger partial charge is 0.513 e. The molecule has 8 nitrogen and oxygen atoms in total. The van der Waals surface area contributed by atoms with Gasteiger partial charge in [0.1, 0.15) is 5.52 Å². The zero-order valence-electron chi connectivity index (χ0n) is 16.8. The molecule has 0 aliphatic heterocycles. The molecule has 9 heteroatoms.